The van der Waals surface area contributed by atoms with Crippen LogP contribution in [0.4, 0.5) is 91.2 Å². The van der Waals surface area contributed by atoms with Gasteiger partial charge in [0.1, 0.15) is 26.7 Å². The Balaban J connectivity index is 0.00000133. The molecule has 0 atom stereocenters. The molecule has 0 unspecified atom stereocenters. The molecule has 113 heavy (non-hydrogen) atoms. The summed E-state index contributed by atoms with van der Waals surface area (Å²) in [5.41, 5.74) is 4.85. The maximum atomic E-state index is 12.8. The number of nitrogens with zero attached hydrogens (tertiary/aromatic N) is 7. The Morgan fingerprint density at radius 3 is 1.15 bits per heavy atom. The highest BCUT2D eigenvalue weighted by Gasteiger charge is 2.36. The second-order valence-electron chi connectivity index (χ2n) is 21.9. The number of nitrogens with one attached hydrogen (secondary N) is 1. The van der Waals surface area contributed by atoms with E-state index in [-0.39, 0.29) is 46.1 Å². The summed E-state index contributed by atoms with van der Waals surface area (Å²) in [6.45, 7) is 9.73. The molecule has 0 bridgehead atoms. The first kappa shape index (κ1) is 102. The van der Waals surface area contributed by atoms with Gasteiger partial charge in [-0.25, -0.2) is 17.6 Å². The van der Waals surface area contributed by atoms with Crippen LogP contribution in [0.2, 0.25) is 0 Å². The van der Waals surface area contributed by atoms with Gasteiger partial charge in [0.15, 0.2) is 0 Å². The second-order valence-corrected chi connectivity index (χ2v) is 24.6. The summed E-state index contributed by atoms with van der Waals surface area (Å²) in [5.74, 6) is 51.9. The first-order valence-corrected chi connectivity index (χ1v) is 35.5. The zero-order chi connectivity index (χ0) is 82.7. The van der Waals surface area contributed by atoms with Crippen LogP contribution in [0.1, 0.15) is 34.7 Å². The first-order valence-electron chi connectivity index (χ1n) is 32.5. The number of nitro groups is 2. The molecular weight excluding hydrogens is 1570 g/mol. The van der Waals surface area contributed by atoms with Crippen LogP contribution in [-0.4, -0.2) is 176 Å². The summed E-state index contributed by atoms with van der Waals surface area (Å²) in [7, 11) is 2.97. The number of aryl methyl sites for hydroxylation is 2. The lowest BCUT2D eigenvalue weighted by molar-refractivity contribution is -0.385. The van der Waals surface area contributed by atoms with Crippen molar-refractivity contribution in [3.8, 4) is 131 Å². The number of anilines is 4. The van der Waals surface area contributed by atoms with E-state index in [9.17, 15) is 85.7 Å². The van der Waals surface area contributed by atoms with Crippen molar-refractivity contribution in [2.45, 2.75) is 49.1 Å². The van der Waals surface area contributed by atoms with E-state index < -0.39 is 99.9 Å². The highest BCUT2D eigenvalue weighted by Crippen LogP contribution is 2.38. The minimum absolute atomic E-state index is 0. The summed E-state index contributed by atoms with van der Waals surface area (Å²) < 4.78 is 189. The van der Waals surface area contributed by atoms with E-state index in [1.54, 1.807) is 34.9 Å². The Kier molecular flexibility index (Phi) is 50.3. The largest absolute Gasteiger partial charge is 0.416 e. The van der Waals surface area contributed by atoms with Crippen LogP contribution < -0.4 is 25.8 Å². The van der Waals surface area contributed by atoms with Crippen molar-refractivity contribution in [2.75, 3.05) is 152 Å². The van der Waals surface area contributed by atoms with E-state index in [4.69, 9.17) is 27.9 Å². The lowest BCUT2D eigenvalue weighted by Gasteiger charge is -2.36. The van der Waals surface area contributed by atoms with E-state index in [2.05, 4.69) is 141 Å². The Hall–Kier alpha value is -11.3. The summed E-state index contributed by atoms with van der Waals surface area (Å²) in [6.07, 6.45) is -8.73. The number of nitrogen functional groups attached to an aromatic ring is 1. The number of hydrogen-bond acceptors (Lipinski definition) is 16. The van der Waals surface area contributed by atoms with Gasteiger partial charge in [0.25, 0.3) is 21.5 Å². The van der Waals surface area contributed by atoms with Gasteiger partial charge in [-0.2, -0.15) is 47.9 Å². The van der Waals surface area contributed by atoms with Crippen molar-refractivity contribution >= 4 is 65.9 Å². The minimum Gasteiger partial charge on any atom is -0.412 e. The molecule has 5 aromatic rings. The number of hydrogen-bond donors (Lipinski definition) is 3. The lowest BCUT2D eigenvalue weighted by atomic mass is 10.1. The Morgan fingerprint density at radius 2 is 0.841 bits per heavy atom. The third kappa shape index (κ3) is 43.2. The van der Waals surface area contributed by atoms with E-state index in [1.807, 2.05) is 45.9 Å². The molecule has 3 aliphatic rings. The fraction of sp³-hybridized carbons (Fsp3) is 0.333. The van der Waals surface area contributed by atoms with E-state index in [1.165, 1.54) is 34.7 Å². The number of benzene rings is 5. The van der Waals surface area contributed by atoms with Crippen molar-refractivity contribution in [1.82, 2.24) is 15.1 Å². The number of nitro benzene ring substituents is 2. The van der Waals surface area contributed by atoms with Crippen molar-refractivity contribution in [3.05, 3.63) is 151 Å². The molecule has 0 spiro atoms. The van der Waals surface area contributed by atoms with Gasteiger partial charge in [-0.1, -0.05) is 41.3 Å². The fourth-order valence-electron chi connectivity index (χ4n) is 8.83. The van der Waals surface area contributed by atoms with Gasteiger partial charge in [0.2, 0.25) is 0 Å². The highest BCUT2D eigenvalue weighted by molar-refractivity contribution is 8.21. The third-order valence-electron chi connectivity index (χ3n) is 14.0. The van der Waals surface area contributed by atoms with Gasteiger partial charge in [0.05, 0.1) is 44.6 Å². The summed E-state index contributed by atoms with van der Waals surface area (Å²) in [6, 6.07) is 23.2. The number of terminal acetylenes is 1. The molecule has 0 amide bonds. The van der Waals surface area contributed by atoms with E-state index in [0.29, 0.717) is 103 Å². The van der Waals surface area contributed by atoms with Crippen LogP contribution in [0.5, 0.6) is 0 Å². The van der Waals surface area contributed by atoms with Crippen molar-refractivity contribution < 1.29 is 95.6 Å². The molecule has 8 rings (SSSR count). The maximum absolute atomic E-state index is 12.8. The number of non-ortho nitro benzene ring substituents is 2. The van der Waals surface area contributed by atoms with Crippen LogP contribution >= 0.6 is 21.7 Å². The van der Waals surface area contributed by atoms with Crippen LogP contribution in [0.3, 0.4) is 0 Å². The monoisotopic (exact) mass is 1640 g/mol. The minimum atomic E-state index is -4.64. The molecule has 0 aromatic heterocycles. The first-order chi connectivity index (χ1) is 52.8. The van der Waals surface area contributed by atoms with Gasteiger partial charge in [-0.15, -0.1) is 6.42 Å². The Labute approximate surface area is 656 Å². The number of aliphatic hydroxyl groups is 1. The Morgan fingerprint density at radius 1 is 0.513 bits per heavy atom. The van der Waals surface area contributed by atoms with Crippen LogP contribution in [0.25, 0.3) is 0 Å². The number of alkyl halides is 13. The highest BCUT2D eigenvalue weighted by atomic mass is 35.7. The van der Waals surface area contributed by atoms with Gasteiger partial charge < -0.3 is 41.8 Å². The van der Waals surface area contributed by atoms with Crippen LogP contribution in [-0.2, 0) is 32.8 Å². The number of halogens is 14. The van der Waals surface area contributed by atoms with Crippen molar-refractivity contribution in [3.63, 3.8) is 0 Å². The molecule has 19 nitrogen and oxygen atoms in total. The number of aliphatic hydroxyl groups excluding tert-OH is 1. The van der Waals surface area contributed by atoms with Gasteiger partial charge >= 0.3 is 18.5 Å². The molecule has 0 saturated carbocycles. The second kappa shape index (κ2) is 56.0. The van der Waals surface area contributed by atoms with Crippen LogP contribution in [0.15, 0.2) is 113 Å². The predicted octanol–water partition coefficient (Wildman–Crippen LogP) is 11.0. The smallest absolute Gasteiger partial charge is 0.412 e. The molecular formula is C78H75ClF13N9O10S2. The molecule has 8 N–H and O–H groups in total. The third-order valence-corrected chi connectivity index (χ3v) is 16.4. The summed E-state index contributed by atoms with van der Waals surface area (Å²) >= 11 is 0. The molecule has 35 heteroatoms. The average Bonchev–Trinajstić information content (AvgIpc) is 0.812. The van der Waals surface area contributed by atoms with E-state index in [0.717, 1.165) is 40.8 Å². The topological polar surface area (TPSA) is 267 Å². The number of nitrogens with two attached hydrogens (primary N) is 1. The average molecular weight is 1650 g/mol. The van der Waals surface area contributed by atoms with Gasteiger partial charge in [0, 0.05) is 167 Å². The fourth-order valence-corrected chi connectivity index (χ4v) is 10.3. The zero-order valence-electron chi connectivity index (χ0n) is 60.7. The van der Waals surface area contributed by atoms with Crippen molar-refractivity contribution in [2.24, 2.45) is 0 Å². The number of piperazine rings is 3. The molecule has 3 saturated heterocycles. The molecule has 0 radical (unpaired) electrons. The molecule has 3 fully saturated rings. The van der Waals surface area contributed by atoms with Crippen molar-refractivity contribution in [1.29, 1.82) is 0 Å². The quantitative estimate of drug-likeness (QED) is 0.0220. The van der Waals surface area contributed by atoms with Crippen LogP contribution in [0, 0.1) is 165 Å². The molecule has 5 aromatic carbocycles. The summed E-state index contributed by atoms with van der Waals surface area (Å²) in [5, 5.41) is 32.1. The lowest BCUT2D eigenvalue weighted by Crippen LogP contribution is -2.47. The predicted molar refractivity (Wildman–Crippen MR) is 412 cm³/mol. The normalized spacial score (nSPS) is 12.4. The van der Waals surface area contributed by atoms with E-state index >= 15 is 0 Å². The van der Waals surface area contributed by atoms with Gasteiger partial charge in [-0.05, 0) is 192 Å². The molecule has 3 heterocycles. The maximum Gasteiger partial charge on any atom is 0.416 e. The number of rotatable bonds is 15. The molecule has 3 aliphatic heterocycles. The molecule has 0 aliphatic carbocycles. The van der Waals surface area contributed by atoms with Gasteiger partial charge in [-0.3, -0.25) is 34.2 Å². The SMILES string of the molecule is C#CC#CC#CC#CC#CC#CC#CC#CC#CC#CC#CC.Cc1ccc(S(=O)(=O)OCCF)cc1.Cc1ccc(SCl)cc1.Nc1cc(N2CCN(CCF)CC2)cc(C(F)(F)F)c1.O.O.O=[N+]([O-])c1cc(N2CCN(CCF)CC2)cc(C(F)(F)F)c1.O=[N+]([O-])c1cc(N2CCNCC2)cc(C(F)(F)F)c1.OCCF. The standard InChI is InChI=1S/C23H4.C13H15F4N3O2.C13H17F4N3.C11H12F3N3O2.C9H11FO3S.C7H7ClS.C2H5FO.2H2O/c1-3-5-7-9-11-13-15-17-19-21-23-22-20-18-16-14-12-10-8-6-4-2;14-1-2-18-3-5-19(6-4-18)11-7-10(13(15,16)17)8-12(9-11)20(21)22;14-1-2-19-3-5-20(6-4-19)12-8-10(13(15,16)17)7-11(18)9-12;12-11(13,14)8-5-9(7-10(6-8)17(18)19)16-3-1-15-2-4-16;1-8-2-4-9(5-3-8)14(11,12)13-7-6-10;1-6-2-4-7(9-8)5-3-6;3-1-2-4;;/h1H,2H3;7-9H,1-6H2;7-9H,1-6,18H2;5-7,15H,1-4H2;2-5H,6-7H2,1H3;2-5H,1H3;4H,1-2H2;2*1H2. The summed E-state index contributed by atoms with van der Waals surface area (Å²) in [4.78, 5) is 30.1. The Bertz CT molecular complexity index is 4680. The molecule has 602 valence electrons. The zero-order valence-corrected chi connectivity index (χ0v) is 63.0.